The van der Waals surface area contributed by atoms with Gasteiger partial charge < -0.3 is 25.8 Å². The second-order valence-electron chi connectivity index (χ2n) is 11.9. The fourth-order valence-electron chi connectivity index (χ4n) is 6.10. The number of halogens is 1. The molecule has 2 aromatic rings. The van der Waals surface area contributed by atoms with Crippen LogP contribution in [0.5, 0.6) is 0 Å². The van der Waals surface area contributed by atoms with Gasteiger partial charge >= 0.3 is 0 Å². The van der Waals surface area contributed by atoms with Gasteiger partial charge in [-0.3, -0.25) is 24.0 Å². The Morgan fingerprint density at radius 1 is 1.12 bits per heavy atom. The molecule has 3 atom stereocenters. The number of aromatic amines is 1. The summed E-state index contributed by atoms with van der Waals surface area (Å²) in [4.78, 5) is 70.2. The van der Waals surface area contributed by atoms with Crippen LogP contribution in [-0.2, 0) is 19.2 Å². The summed E-state index contributed by atoms with van der Waals surface area (Å²) in [7, 11) is 0. The van der Waals surface area contributed by atoms with Gasteiger partial charge in [-0.1, -0.05) is 17.7 Å². The molecule has 40 heavy (non-hydrogen) atoms. The van der Waals surface area contributed by atoms with Crippen LogP contribution in [-0.4, -0.2) is 70.5 Å². The van der Waals surface area contributed by atoms with Gasteiger partial charge in [-0.25, -0.2) is 0 Å². The van der Waals surface area contributed by atoms with E-state index in [-0.39, 0.29) is 35.6 Å². The van der Waals surface area contributed by atoms with Gasteiger partial charge in [0.1, 0.15) is 11.7 Å². The molecule has 11 heteroatoms. The molecule has 1 aromatic carbocycles. The second-order valence-corrected chi connectivity index (χ2v) is 12.3. The number of piperidine rings is 1. The van der Waals surface area contributed by atoms with Crippen LogP contribution < -0.4 is 16.0 Å². The van der Waals surface area contributed by atoms with Gasteiger partial charge in [0, 0.05) is 41.0 Å². The number of benzene rings is 1. The first-order valence-electron chi connectivity index (χ1n) is 14.2. The van der Waals surface area contributed by atoms with Crippen molar-refractivity contribution in [1.29, 1.82) is 0 Å². The van der Waals surface area contributed by atoms with E-state index in [2.05, 4.69) is 20.9 Å². The molecule has 6 rings (SSSR count). The molecule has 2 saturated heterocycles. The molecule has 3 heterocycles. The van der Waals surface area contributed by atoms with Crippen molar-refractivity contribution >= 4 is 51.9 Å². The van der Waals surface area contributed by atoms with Crippen LogP contribution in [0.4, 0.5) is 0 Å². The smallest absolute Gasteiger partial charge is 0.289 e. The number of nitrogens with one attached hydrogen (secondary N) is 4. The summed E-state index contributed by atoms with van der Waals surface area (Å²) >= 11 is 6.32. The molecule has 0 bridgehead atoms. The lowest BCUT2D eigenvalue weighted by molar-refractivity contribution is -0.141. The molecule has 2 saturated carbocycles. The van der Waals surface area contributed by atoms with Gasteiger partial charge in [0.15, 0.2) is 0 Å². The van der Waals surface area contributed by atoms with Crippen molar-refractivity contribution in [3.63, 3.8) is 0 Å². The number of rotatable bonds is 9. The summed E-state index contributed by atoms with van der Waals surface area (Å²) in [6.45, 7) is 1.000. The zero-order valence-corrected chi connectivity index (χ0v) is 23.0. The first-order chi connectivity index (χ1) is 19.2. The number of hydrogen-bond acceptors (Lipinski definition) is 5. The number of aromatic nitrogens is 1. The minimum atomic E-state index is -1.07. The van der Waals surface area contributed by atoms with Gasteiger partial charge in [-0.15, -0.1) is 0 Å². The van der Waals surface area contributed by atoms with Crippen molar-refractivity contribution in [1.82, 2.24) is 25.8 Å². The average molecular weight is 568 g/mol. The topological polar surface area (TPSA) is 140 Å². The highest BCUT2D eigenvalue weighted by Crippen LogP contribution is 2.55. The van der Waals surface area contributed by atoms with E-state index in [0.717, 1.165) is 43.0 Å². The lowest BCUT2D eigenvalue weighted by atomic mass is 9.86. The van der Waals surface area contributed by atoms with Gasteiger partial charge in [-0.2, -0.15) is 0 Å². The zero-order valence-electron chi connectivity index (χ0n) is 22.3. The Labute approximate surface area is 236 Å². The second kappa shape index (κ2) is 10.5. The molecule has 4 fully saturated rings. The molecule has 0 radical (unpaired) electrons. The Kier molecular flexibility index (Phi) is 7.06. The van der Waals surface area contributed by atoms with Crippen molar-refractivity contribution < 1.29 is 24.0 Å². The molecule has 10 nitrogen and oxygen atoms in total. The number of nitrogens with zero attached hydrogens (tertiary/aromatic N) is 1. The van der Waals surface area contributed by atoms with Crippen LogP contribution in [0.2, 0.25) is 5.02 Å². The summed E-state index contributed by atoms with van der Waals surface area (Å²) in [5, 5.41) is 9.59. The average Bonchev–Trinajstić information content (AvgIpc) is 3.82. The van der Waals surface area contributed by atoms with Crippen LogP contribution in [0.25, 0.3) is 10.9 Å². The number of fused-ring (bicyclic) bond motifs is 1. The van der Waals surface area contributed by atoms with Crippen LogP contribution in [0, 0.1) is 11.3 Å². The van der Waals surface area contributed by atoms with Crippen molar-refractivity contribution in [2.45, 2.75) is 75.9 Å². The minimum absolute atomic E-state index is 0.000550. The van der Waals surface area contributed by atoms with Gasteiger partial charge in [0.25, 0.3) is 11.8 Å². The summed E-state index contributed by atoms with van der Waals surface area (Å²) < 4.78 is 0. The number of likely N-dealkylation sites (tertiary alicyclic amines) is 1. The van der Waals surface area contributed by atoms with E-state index in [1.54, 1.807) is 23.1 Å². The maximum atomic E-state index is 13.8. The Balaban J connectivity index is 1.21. The van der Waals surface area contributed by atoms with Crippen molar-refractivity contribution in [2.75, 3.05) is 13.1 Å². The van der Waals surface area contributed by atoms with Gasteiger partial charge in [0.05, 0.1) is 6.04 Å². The normalized spacial score (nSPS) is 24.0. The summed E-state index contributed by atoms with van der Waals surface area (Å²) in [5.41, 5.74) is 1.11. The first kappa shape index (κ1) is 26.8. The highest BCUT2D eigenvalue weighted by Gasteiger charge is 2.51. The molecule has 1 spiro atoms. The van der Waals surface area contributed by atoms with E-state index >= 15 is 0 Å². The standard InChI is InChI=1S/C29H34ClN5O5/c30-19-2-1-3-20-18(19)14-22(33-20)28(40)35-13-11-29(9-10-29)15-23(35)26(38)34-21(7-4-16-8-12-31-25(16)37)24(36)27(39)32-17-5-6-17/h1-3,14,16-17,21,23,33H,4-13,15H2,(H,31,37)(H,32,39)(H,34,38)/t16-,21+,23+/m1/s1. The van der Waals surface area contributed by atoms with E-state index < -0.39 is 29.7 Å². The SMILES string of the molecule is O=C(NC1CC1)C(=O)[C@H](CC[C@@H]1CCNC1=O)NC(=O)[C@@H]1CC2(CCN1C(=O)c1cc3c(Cl)cccc3[nH]1)CC2. The van der Waals surface area contributed by atoms with Crippen molar-refractivity contribution in [3.05, 3.63) is 35.0 Å². The molecule has 0 unspecified atom stereocenters. The maximum absolute atomic E-state index is 13.8. The van der Waals surface area contributed by atoms with Crippen molar-refractivity contribution in [3.8, 4) is 0 Å². The van der Waals surface area contributed by atoms with E-state index in [4.69, 9.17) is 11.6 Å². The van der Waals surface area contributed by atoms with Crippen LogP contribution in [0.1, 0.15) is 68.3 Å². The number of Topliss-reactive ketones (excluding diaryl/α,β-unsaturated/α-hetero) is 1. The quantitative estimate of drug-likeness (QED) is 0.345. The first-order valence-corrected chi connectivity index (χ1v) is 14.6. The monoisotopic (exact) mass is 567 g/mol. The Hall–Kier alpha value is -3.40. The highest BCUT2D eigenvalue weighted by atomic mass is 35.5. The molecule has 4 aliphatic rings. The molecular weight excluding hydrogens is 534 g/mol. The summed E-state index contributed by atoms with van der Waals surface area (Å²) in [5.74, 6) is -2.50. The van der Waals surface area contributed by atoms with E-state index in [0.29, 0.717) is 43.1 Å². The molecule has 2 aliphatic carbocycles. The molecule has 1 aromatic heterocycles. The van der Waals surface area contributed by atoms with Crippen LogP contribution in [0.15, 0.2) is 24.3 Å². The highest BCUT2D eigenvalue weighted by molar-refractivity contribution is 6.38. The molecule has 4 N–H and O–H groups in total. The van der Waals surface area contributed by atoms with Crippen LogP contribution in [0.3, 0.4) is 0 Å². The molecule has 4 amide bonds. The zero-order chi connectivity index (χ0) is 28.0. The number of H-pyrrole nitrogens is 1. The Morgan fingerprint density at radius 2 is 1.93 bits per heavy atom. The summed E-state index contributed by atoms with van der Waals surface area (Å²) in [6.07, 6.45) is 6.20. The van der Waals surface area contributed by atoms with Gasteiger partial charge in [0.2, 0.25) is 17.6 Å². The molecule has 212 valence electrons. The number of ketones is 1. The number of carbonyl (C=O) groups excluding carboxylic acids is 5. The van der Waals surface area contributed by atoms with E-state index in [1.807, 2.05) is 6.07 Å². The number of amides is 4. The van der Waals surface area contributed by atoms with E-state index in [1.165, 1.54) is 0 Å². The predicted octanol–water partition coefficient (Wildman–Crippen LogP) is 2.45. The number of hydrogen-bond donors (Lipinski definition) is 4. The largest absolute Gasteiger partial charge is 0.356 e. The predicted molar refractivity (Wildman–Crippen MR) is 147 cm³/mol. The fourth-order valence-corrected chi connectivity index (χ4v) is 6.33. The molecule has 2 aliphatic heterocycles. The minimum Gasteiger partial charge on any atom is -0.356 e. The Bertz CT molecular complexity index is 1380. The Morgan fingerprint density at radius 3 is 2.60 bits per heavy atom. The fraction of sp³-hybridized carbons (Fsp3) is 0.552. The van der Waals surface area contributed by atoms with E-state index in [9.17, 15) is 24.0 Å². The third-order valence-corrected chi connectivity index (χ3v) is 9.31. The number of carbonyl (C=O) groups is 5. The molecular formula is C29H34ClN5O5. The third-order valence-electron chi connectivity index (χ3n) is 8.98. The maximum Gasteiger partial charge on any atom is 0.289 e. The van der Waals surface area contributed by atoms with Crippen LogP contribution >= 0.6 is 11.6 Å². The van der Waals surface area contributed by atoms with Gasteiger partial charge in [-0.05, 0) is 81.4 Å². The van der Waals surface area contributed by atoms with Crippen molar-refractivity contribution in [2.24, 2.45) is 11.3 Å². The lowest BCUT2D eigenvalue weighted by Gasteiger charge is -2.39. The third kappa shape index (κ3) is 5.46. The lowest BCUT2D eigenvalue weighted by Crippen LogP contribution is -2.57. The summed E-state index contributed by atoms with van der Waals surface area (Å²) in [6, 6.07) is 5.26.